The van der Waals surface area contributed by atoms with Crippen molar-refractivity contribution in [1.29, 1.82) is 0 Å². The van der Waals surface area contributed by atoms with Gasteiger partial charge in [-0.1, -0.05) is 31.4 Å². The number of amides is 1. The topological polar surface area (TPSA) is 54.5 Å². The van der Waals surface area contributed by atoms with Crippen LogP contribution in [0.2, 0.25) is 0 Å². The Morgan fingerprint density at radius 3 is 2.48 bits per heavy atom. The monoisotopic (exact) mass is 367 g/mol. The molecule has 1 amide bonds. The van der Waals surface area contributed by atoms with Crippen molar-refractivity contribution >= 4 is 15.7 Å². The van der Waals surface area contributed by atoms with Crippen molar-refractivity contribution < 1.29 is 17.6 Å². The molecule has 0 bridgehead atoms. The summed E-state index contributed by atoms with van der Waals surface area (Å²) in [4.78, 5) is 13.9. The molecule has 138 valence electrons. The van der Waals surface area contributed by atoms with Gasteiger partial charge in [0.15, 0.2) is 9.84 Å². The standard InChI is InChI=1S/C19H26FNO3S/c1-14-7-8-15(11-18(14)20)9-10-19(22)21-12-17(13-21)25(23,24)16-5-3-2-4-6-16/h7-8,11,16-17H,2-6,9-10,12-13H2,1H3. The van der Waals surface area contributed by atoms with E-state index in [0.717, 1.165) is 37.7 Å². The number of likely N-dealkylation sites (tertiary alicyclic amines) is 1. The SMILES string of the molecule is Cc1ccc(CCC(=O)N2CC(S(=O)(=O)C3CCCCC3)C2)cc1F. The van der Waals surface area contributed by atoms with Crippen molar-refractivity contribution in [2.45, 2.75) is 62.4 Å². The highest BCUT2D eigenvalue weighted by Gasteiger charge is 2.43. The first-order valence-electron chi connectivity index (χ1n) is 9.13. The van der Waals surface area contributed by atoms with Gasteiger partial charge in [0.25, 0.3) is 0 Å². The van der Waals surface area contributed by atoms with Gasteiger partial charge in [0.05, 0.1) is 10.5 Å². The molecule has 3 rings (SSSR count). The number of carbonyl (C=O) groups excluding carboxylic acids is 1. The lowest BCUT2D eigenvalue weighted by Crippen LogP contribution is -2.58. The largest absolute Gasteiger partial charge is 0.340 e. The molecule has 1 aromatic carbocycles. The van der Waals surface area contributed by atoms with Gasteiger partial charge in [-0.15, -0.1) is 0 Å². The van der Waals surface area contributed by atoms with Crippen LogP contribution in [0.1, 0.15) is 49.7 Å². The van der Waals surface area contributed by atoms with E-state index < -0.39 is 15.1 Å². The normalized spacial score (nSPS) is 19.7. The van der Waals surface area contributed by atoms with Gasteiger partial charge >= 0.3 is 0 Å². The fraction of sp³-hybridized carbons (Fsp3) is 0.632. The molecule has 0 spiro atoms. The summed E-state index contributed by atoms with van der Waals surface area (Å²) in [5.41, 5.74) is 1.39. The molecule has 1 aliphatic heterocycles. The summed E-state index contributed by atoms with van der Waals surface area (Å²) in [5, 5.41) is -0.601. The maximum Gasteiger partial charge on any atom is 0.222 e. The van der Waals surface area contributed by atoms with E-state index >= 15 is 0 Å². The van der Waals surface area contributed by atoms with Crippen LogP contribution in [0, 0.1) is 12.7 Å². The number of hydrogen-bond donors (Lipinski definition) is 0. The van der Waals surface area contributed by atoms with Crippen LogP contribution >= 0.6 is 0 Å². The molecule has 2 aliphatic rings. The molecule has 1 heterocycles. The Kier molecular flexibility index (Phi) is 5.46. The zero-order valence-electron chi connectivity index (χ0n) is 14.7. The van der Waals surface area contributed by atoms with Crippen molar-refractivity contribution in [3.8, 4) is 0 Å². The van der Waals surface area contributed by atoms with Crippen LogP contribution in [-0.2, 0) is 21.1 Å². The van der Waals surface area contributed by atoms with E-state index in [0.29, 0.717) is 31.5 Å². The van der Waals surface area contributed by atoms with E-state index in [-0.39, 0.29) is 17.0 Å². The zero-order valence-corrected chi connectivity index (χ0v) is 15.5. The third-order valence-electron chi connectivity index (χ3n) is 5.55. The summed E-state index contributed by atoms with van der Waals surface area (Å²) >= 11 is 0. The second-order valence-electron chi connectivity index (χ2n) is 7.35. The highest BCUT2D eigenvalue weighted by Crippen LogP contribution is 2.30. The van der Waals surface area contributed by atoms with Crippen LogP contribution in [0.25, 0.3) is 0 Å². The Morgan fingerprint density at radius 2 is 1.84 bits per heavy atom. The van der Waals surface area contributed by atoms with Gasteiger partial charge in [-0.3, -0.25) is 4.79 Å². The van der Waals surface area contributed by atoms with Crippen molar-refractivity contribution in [3.05, 3.63) is 35.1 Å². The molecular formula is C19H26FNO3S. The minimum Gasteiger partial charge on any atom is -0.340 e. The summed E-state index contributed by atoms with van der Waals surface area (Å²) in [5.74, 6) is -0.302. The summed E-state index contributed by atoms with van der Waals surface area (Å²) in [6.07, 6.45) is 5.42. The molecular weight excluding hydrogens is 341 g/mol. The number of hydrogen-bond acceptors (Lipinski definition) is 3. The van der Waals surface area contributed by atoms with Crippen LogP contribution in [0.5, 0.6) is 0 Å². The quantitative estimate of drug-likeness (QED) is 0.804. The second-order valence-corrected chi connectivity index (χ2v) is 9.86. The third kappa shape index (κ3) is 4.05. The molecule has 0 atom stereocenters. The summed E-state index contributed by atoms with van der Waals surface area (Å²) in [6, 6.07) is 5.01. The molecule has 2 fully saturated rings. The summed E-state index contributed by atoms with van der Waals surface area (Å²) in [7, 11) is -3.11. The minimum absolute atomic E-state index is 0.0453. The number of aryl methyl sites for hydroxylation is 2. The van der Waals surface area contributed by atoms with Crippen LogP contribution in [0.4, 0.5) is 4.39 Å². The van der Waals surface area contributed by atoms with E-state index in [4.69, 9.17) is 0 Å². The fourth-order valence-electron chi connectivity index (χ4n) is 3.72. The van der Waals surface area contributed by atoms with Gasteiger partial charge in [-0.2, -0.15) is 0 Å². The highest BCUT2D eigenvalue weighted by atomic mass is 32.2. The molecule has 25 heavy (non-hydrogen) atoms. The van der Waals surface area contributed by atoms with Crippen molar-refractivity contribution in [3.63, 3.8) is 0 Å². The summed E-state index contributed by atoms with van der Waals surface area (Å²) < 4.78 is 38.7. The number of benzene rings is 1. The van der Waals surface area contributed by atoms with Crippen molar-refractivity contribution in [1.82, 2.24) is 4.90 Å². The lowest BCUT2D eigenvalue weighted by molar-refractivity contribution is -0.134. The van der Waals surface area contributed by atoms with Crippen LogP contribution in [0.3, 0.4) is 0 Å². The van der Waals surface area contributed by atoms with Gasteiger partial charge in [0.1, 0.15) is 5.82 Å². The Bertz CT molecular complexity index is 735. The third-order valence-corrected chi connectivity index (χ3v) is 8.17. The lowest BCUT2D eigenvalue weighted by atomic mass is 10.0. The number of halogens is 1. The molecule has 4 nitrogen and oxygen atoms in total. The Balaban J connectivity index is 1.48. The maximum absolute atomic E-state index is 13.5. The highest BCUT2D eigenvalue weighted by molar-refractivity contribution is 7.92. The van der Waals surface area contributed by atoms with E-state index in [2.05, 4.69) is 0 Å². The van der Waals surface area contributed by atoms with E-state index in [1.165, 1.54) is 6.07 Å². The number of sulfone groups is 1. The second kappa shape index (κ2) is 7.44. The fourth-order valence-corrected chi connectivity index (χ4v) is 6.03. The van der Waals surface area contributed by atoms with E-state index in [9.17, 15) is 17.6 Å². The average Bonchev–Trinajstić information content (AvgIpc) is 2.55. The molecule has 1 saturated heterocycles. The molecule has 1 saturated carbocycles. The first kappa shape index (κ1) is 18.4. The average molecular weight is 367 g/mol. The molecule has 1 aliphatic carbocycles. The molecule has 0 unspecified atom stereocenters. The van der Waals surface area contributed by atoms with Gasteiger partial charge in [-0.25, -0.2) is 12.8 Å². The predicted molar refractivity (Wildman–Crippen MR) is 95.6 cm³/mol. The first-order chi connectivity index (χ1) is 11.9. The van der Waals surface area contributed by atoms with Gasteiger partial charge in [-0.05, 0) is 43.4 Å². The van der Waals surface area contributed by atoms with Crippen LogP contribution in [-0.4, -0.2) is 42.8 Å². The number of rotatable bonds is 5. The minimum atomic E-state index is -3.11. The Labute approximate surface area is 149 Å². The van der Waals surface area contributed by atoms with Crippen molar-refractivity contribution in [2.75, 3.05) is 13.1 Å². The Hall–Kier alpha value is -1.43. The van der Waals surface area contributed by atoms with Gasteiger partial charge in [0.2, 0.25) is 5.91 Å². The van der Waals surface area contributed by atoms with Gasteiger partial charge in [0, 0.05) is 19.5 Å². The van der Waals surface area contributed by atoms with Crippen LogP contribution in [0.15, 0.2) is 18.2 Å². The number of carbonyl (C=O) groups is 1. The van der Waals surface area contributed by atoms with Crippen molar-refractivity contribution in [2.24, 2.45) is 0 Å². The molecule has 1 aromatic rings. The first-order valence-corrected chi connectivity index (χ1v) is 10.7. The summed E-state index contributed by atoms with van der Waals surface area (Å²) in [6.45, 7) is 2.34. The van der Waals surface area contributed by atoms with E-state index in [1.807, 2.05) is 6.07 Å². The lowest BCUT2D eigenvalue weighted by Gasteiger charge is -2.41. The molecule has 0 aromatic heterocycles. The predicted octanol–water partition coefficient (Wildman–Crippen LogP) is 3.03. The maximum atomic E-state index is 13.5. The van der Waals surface area contributed by atoms with Gasteiger partial charge < -0.3 is 4.90 Å². The molecule has 0 radical (unpaired) electrons. The zero-order chi connectivity index (χ0) is 18.0. The number of nitrogens with zero attached hydrogens (tertiary/aromatic N) is 1. The van der Waals surface area contributed by atoms with E-state index in [1.54, 1.807) is 17.9 Å². The molecule has 0 N–H and O–H groups in total. The Morgan fingerprint density at radius 1 is 1.16 bits per heavy atom. The molecule has 6 heteroatoms. The smallest absolute Gasteiger partial charge is 0.222 e. The van der Waals surface area contributed by atoms with Crippen LogP contribution < -0.4 is 0 Å².